The lowest BCUT2D eigenvalue weighted by Gasteiger charge is -2.19. The van der Waals surface area contributed by atoms with Crippen LogP contribution in [0.25, 0.3) is 0 Å². The molecule has 2 heterocycles. The summed E-state index contributed by atoms with van der Waals surface area (Å²) in [6.07, 6.45) is 4.35. The highest BCUT2D eigenvalue weighted by molar-refractivity contribution is 7.99. The second kappa shape index (κ2) is 6.75. The molecule has 0 bridgehead atoms. The molecule has 0 unspecified atom stereocenters. The number of aryl methyl sites for hydroxylation is 1. The predicted octanol–water partition coefficient (Wildman–Crippen LogP) is 3.45. The van der Waals surface area contributed by atoms with Crippen molar-refractivity contribution in [2.24, 2.45) is 7.05 Å². The molecule has 1 aromatic heterocycles. The minimum atomic E-state index is 0.375. The van der Waals surface area contributed by atoms with Crippen LogP contribution in [0.1, 0.15) is 35.7 Å². The summed E-state index contributed by atoms with van der Waals surface area (Å²) < 4.78 is 7.33. The third kappa shape index (κ3) is 3.15. The molecule has 0 radical (unpaired) electrons. The summed E-state index contributed by atoms with van der Waals surface area (Å²) in [5.41, 5.74) is 3.86. The quantitative estimate of drug-likeness (QED) is 0.937. The van der Waals surface area contributed by atoms with Gasteiger partial charge in [-0.05, 0) is 49.3 Å². The summed E-state index contributed by atoms with van der Waals surface area (Å²) in [6.45, 7) is 2.97. The summed E-state index contributed by atoms with van der Waals surface area (Å²) in [4.78, 5) is 1.37. The van der Waals surface area contributed by atoms with Gasteiger partial charge in [0.05, 0.1) is 13.3 Å². The summed E-state index contributed by atoms with van der Waals surface area (Å²) in [6, 6.07) is 6.80. The van der Waals surface area contributed by atoms with Gasteiger partial charge in [0.2, 0.25) is 0 Å². The fraction of sp³-hybridized carbons (Fsp3) is 0.471. The molecule has 0 amide bonds. The lowest BCUT2D eigenvalue weighted by molar-refractivity contribution is 0.411. The van der Waals surface area contributed by atoms with E-state index in [4.69, 9.17) is 4.74 Å². The van der Waals surface area contributed by atoms with Crippen molar-refractivity contribution in [2.45, 2.75) is 37.2 Å². The topological polar surface area (TPSA) is 39.1 Å². The molecule has 1 N–H and O–H groups in total. The minimum Gasteiger partial charge on any atom is -0.497 e. The molecule has 0 saturated heterocycles. The Labute approximate surface area is 136 Å². The Balaban J connectivity index is 1.80. The van der Waals surface area contributed by atoms with Gasteiger partial charge in [0.25, 0.3) is 0 Å². The number of ether oxygens (including phenoxy) is 1. The fourth-order valence-corrected chi connectivity index (χ4v) is 3.91. The third-order valence-electron chi connectivity index (χ3n) is 4.36. The monoisotopic (exact) mass is 317 g/mol. The molecule has 2 aromatic rings. The van der Waals surface area contributed by atoms with E-state index in [1.807, 2.05) is 29.7 Å². The molecule has 0 fully saturated rings. The molecule has 1 aliphatic rings. The summed E-state index contributed by atoms with van der Waals surface area (Å²) >= 11 is 1.95. The Hall–Kier alpha value is -1.46. The molecule has 1 aromatic carbocycles. The van der Waals surface area contributed by atoms with Crippen LogP contribution in [-0.2, 0) is 13.6 Å². The van der Waals surface area contributed by atoms with E-state index >= 15 is 0 Å². The predicted molar refractivity (Wildman–Crippen MR) is 90.5 cm³/mol. The largest absolute Gasteiger partial charge is 0.497 e. The molecule has 118 valence electrons. The van der Waals surface area contributed by atoms with Gasteiger partial charge >= 0.3 is 0 Å². The van der Waals surface area contributed by atoms with E-state index in [2.05, 4.69) is 35.5 Å². The highest BCUT2D eigenvalue weighted by atomic mass is 32.2. The highest BCUT2D eigenvalue weighted by Gasteiger charge is 2.20. The highest BCUT2D eigenvalue weighted by Crippen LogP contribution is 2.37. The van der Waals surface area contributed by atoms with Gasteiger partial charge in [-0.1, -0.05) is 0 Å². The first kappa shape index (κ1) is 15.4. The number of nitrogens with one attached hydrogen (secondary N) is 1. The molecule has 1 atom stereocenters. The summed E-state index contributed by atoms with van der Waals surface area (Å²) in [5, 5.41) is 8.04. The Bertz CT molecular complexity index is 653. The number of hydrogen-bond donors (Lipinski definition) is 1. The van der Waals surface area contributed by atoms with Crippen LogP contribution in [-0.4, -0.2) is 22.6 Å². The minimum absolute atomic E-state index is 0.375. The van der Waals surface area contributed by atoms with Crippen molar-refractivity contribution in [3.8, 4) is 5.75 Å². The smallest absolute Gasteiger partial charge is 0.119 e. The Morgan fingerprint density at radius 1 is 1.45 bits per heavy atom. The van der Waals surface area contributed by atoms with Gasteiger partial charge in [0, 0.05) is 35.8 Å². The van der Waals surface area contributed by atoms with Gasteiger partial charge in [-0.25, -0.2) is 0 Å². The Kier molecular flexibility index (Phi) is 4.74. The van der Waals surface area contributed by atoms with Gasteiger partial charge in [0.1, 0.15) is 5.75 Å². The fourth-order valence-electron chi connectivity index (χ4n) is 2.85. The van der Waals surface area contributed by atoms with Crippen LogP contribution in [0.4, 0.5) is 0 Å². The molecular formula is C17H23N3OS. The van der Waals surface area contributed by atoms with Crippen LogP contribution in [0.2, 0.25) is 0 Å². The first-order valence-corrected chi connectivity index (χ1v) is 8.69. The Morgan fingerprint density at radius 2 is 2.32 bits per heavy atom. The molecule has 0 saturated carbocycles. The normalized spacial score (nSPS) is 17.9. The van der Waals surface area contributed by atoms with Crippen molar-refractivity contribution in [1.82, 2.24) is 15.1 Å². The Morgan fingerprint density at radius 3 is 3.05 bits per heavy atom. The summed E-state index contributed by atoms with van der Waals surface area (Å²) in [5.74, 6) is 2.12. The number of fused-ring (bicyclic) bond motifs is 1. The van der Waals surface area contributed by atoms with Crippen LogP contribution in [0.15, 0.2) is 29.3 Å². The van der Waals surface area contributed by atoms with Gasteiger partial charge in [-0.2, -0.15) is 5.10 Å². The van der Waals surface area contributed by atoms with Gasteiger partial charge in [0.15, 0.2) is 0 Å². The first-order valence-electron chi connectivity index (χ1n) is 7.70. The molecule has 22 heavy (non-hydrogen) atoms. The average Bonchev–Trinajstić information content (AvgIpc) is 2.75. The maximum atomic E-state index is 5.40. The zero-order valence-electron chi connectivity index (χ0n) is 13.4. The first-order chi connectivity index (χ1) is 10.7. The SMILES string of the molecule is COc1ccc2c(c1)[C@H](NCc1cnn(C)c1C)CCCS2. The van der Waals surface area contributed by atoms with E-state index in [1.165, 1.54) is 33.9 Å². The molecular weight excluding hydrogens is 294 g/mol. The lowest BCUT2D eigenvalue weighted by Crippen LogP contribution is -2.21. The van der Waals surface area contributed by atoms with E-state index in [1.54, 1.807) is 7.11 Å². The number of aromatic nitrogens is 2. The zero-order valence-corrected chi connectivity index (χ0v) is 14.2. The number of rotatable bonds is 4. The molecule has 4 nitrogen and oxygen atoms in total. The zero-order chi connectivity index (χ0) is 15.5. The van der Waals surface area contributed by atoms with Gasteiger partial charge in [-0.3, -0.25) is 4.68 Å². The van der Waals surface area contributed by atoms with Gasteiger partial charge in [-0.15, -0.1) is 11.8 Å². The number of nitrogens with zero attached hydrogens (tertiary/aromatic N) is 2. The van der Waals surface area contributed by atoms with Crippen molar-refractivity contribution < 1.29 is 4.74 Å². The second-order valence-electron chi connectivity index (χ2n) is 5.71. The number of hydrogen-bond acceptors (Lipinski definition) is 4. The van der Waals surface area contributed by atoms with Gasteiger partial charge < -0.3 is 10.1 Å². The second-order valence-corrected chi connectivity index (χ2v) is 6.84. The maximum Gasteiger partial charge on any atom is 0.119 e. The summed E-state index contributed by atoms with van der Waals surface area (Å²) in [7, 11) is 3.72. The van der Waals surface area contributed by atoms with E-state index in [9.17, 15) is 0 Å². The molecule has 3 rings (SSSR count). The van der Waals surface area contributed by atoms with Crippen LogP contribution in [0.5, 0.6) is 5.75 Å². The number of methoxy groups -OCH3 is 1. The van der Waals surface area contributed by atoms with E-state index in [0.29, 0.717) is 6.04 Å². The lowest BCUT2D eigenvalue weighted by atomic mass is 10.0. The number of thioether (sulfide) groups is 1. The van der Waals surface area contributed by atoms with Crippen LogP contribution in [0, 0.1) is 6.92 Å². The number of benzene rings is 1. The van der Waals surface area contributed by atoms with Crippen LogP contribution in [0.3, 0.4) is 0 Å². The average molecular weight is 317 g/mol. The van der Waals surface area contributed by atoms with Crippen LogP contribution < -0.4 is 10.1 Å². The van der Waals surface area contributed by atoms with Crippen molar-refractivity contribution in [3.63, 3.8) is 0 Å². The molecule has 0 aliphatic carbocycles. The van der Waals surface area contributed by atoms with E-state index < -0.39 is 0 Å². The van der Waals surface area contributed by atoms with E-state index in [-0.39, 0.29) is 0 Å². The molecule has 5 heteroatoms. The standard InChI is InChI=1S/C17H23N3OS/c1-12-13(11-19-20(12)2)10-18-16-5-4-8-22-17-7-6-14(21-3)9-15(16)17/h6-7,9,11,16,18H,4-5,8,10H2,1-3H3/t16-/m1/s1. The van der Waals surface area contributed by atoms with Crippen molar-refractivity contribution in [2.75, 3.05) is 12.9 Å². The third-order valence-corrected chi connectivity index (χ3v) is 5.54. The van der Waals surface area contributed by atoms with E-state index in [0.717, 1.165) is 18.7 Å². The molecule has 1 aliphatic heterocycles. The van der Waals surface area contributed by atoms with Crippen molar-refractivity contribution in [3.05, 3.63) is 41.2 Å². The van der Waals surface area contributed by atoms with Crippen molar-refractivity contribution in [1.29, 1.82) is 0 Å². The molecule has 0 spiro atoms. The van der Waals surface area contributed by atoms with Crippen LogP contribution >= 0.6 is 11.8 Å². The maximum absolute atomic E-state index is 5.40. The van der Waals surface area contributed by atoms with Crippen molar-refractivity contribution >= 4 is 11.8 Å².